The number of benzene rings is 2. The van der Waals surface area contributed by atoms with E-state index in [1.807, 2.05) is 36.4 Å². The number of alkyl halides is 3. The molecule has 1 aliphatic heterocycles. The van der Waals surface area contributed by atoms with Crippen molar-refractivity contribution in [2.24, 2.45) is 0 Å². The van der Waals surface area contributed by atoms with E-state index < -0.39 is 18.2 Å². The van der Waals surface area contributed by atoms with Gasteiger partial charge < -0.3 is 28.6 Å². The molecule has 2 aliphatic rings. The molecule has 2 unspecified atom stereocenters. The fraction of sp³-hybridized carbons (Fsp3) is 0.500. The Hall–Kier alpha value is -3.27. The highest BCUT2D eigenvalue weighted by Gasteiger charge is 2.37. The van der Waals surface area contributed by atoms with E-state index >= 15 is 0 Å². The molecule has 0 amide bonds. The molecule has 4 rings (SSSR count). The van der Waals surface area contributed by atoms with Crippen LogP contribution < -0.4 is 14.6 Å². The highest BCUT2D eigenvalue weighted by atomic mass is 19.4. The van der Waals surface area contributed by atoms with Crippen molar-refractivity contribution in [2.45, 2.75) is 56.4 Å². The molecule has 7 nitrogen and oxygen atoms in total. The third-order valence-corrected chi connectivity index (χ3v) is 6.87. The molecule has 2 atom stereocenters. The van der Waals surface area contributed by atoms with Crippen molar-refractivity contribution in [3.8, 4) is 11.5 Å². The fourth-order valence-corrected chi connectivity index (χ4v) is 4.94. The van der Waals surface area contributed by atoms with Crippen molar-refractivity contribution in [1.82, 2.24) is 0 Å². The Labute approximate surface area is 220 Å². The lowest BCUT2D eigenvalue weighted by atomic mass is 9.90. The molecule has 0 spiro atoms. The predicted octanol–water partition coefficient (Wildman–Crippen LogP) is 4.16. The summed E-state index contributed by atoms with van der Waals surface area (Å²) in [5.74, 6) is -1.44. The molecular formula is C28H34F3NO6. The lowest BCUT2D eigenvalue weighted by Gasteiger charge is -2.25. The van der Waals surface area contributed by atoms with Crippen LogP contribution in [0.25, 0.3) is 0 Å². The van der Waals surface area contributed by atoms with Crippen molar-refractivity contribution >= 4 is 11.9 Å². The van der Waals surface area contributed by atoms with Crippen molar-refractivity contribution in [2.75, 3.05) is 34.3 Å². The number of esters is 1. The zero-order valence-corrected chi connectivity index (χ0v) is 21.8. The second-order valence-electron chi connectivity index (χ2n) is 10.3. The predicted molar refractivity (Wildman–Crippen MR) is 131 cm³/mol. The quantitative estimate of drug-likeness (QED) is 0.390. The summed E-state index contributed by atoms with van der Waals surface area (Å²) in [6, 6.07) is 15.6. The van der Waals surface area contributed by atoms with Gasteiger partial charge in [-0.15, -0.1) is 0 Å². The van der Waals surface area contributed by atoms with Crippen LogP contribution in [0.15, 0.2) is 48.5 Å². The van der Waals surface area contributed by atoms with Gasteiger partial charge in [0, 0.05) is 12.0 Å². The highest BCUT2D eigenvalue weighted by Crippen LogP contribution is 2.39. The van der Waals surface area contributed by atoms with E-state index in [4.69, 9.17) is 24.1 Å². The van der Waals surface area contributed by atoms with Crippen LogP contribution in [-0.2, 0) is 14.3 Å². The average molecular weight is 538 g/mol. The van der Waals surface area contributed by atoms with Gasteiger partial charge in [0.25, 0.3) is 0 Å². The molecule has 2 aromatic rings. The second-order valence-corrected chi connectivity index (χ2v) is 10.3. The van der Waals surface area contributed by atoms with E-state index in [-0.39, 0.29) is 12.1 Å². The number of aliphatic carboxylic acids is 1. The summed E-state index contributed by atoms with van der Waals surface area (Å²) in [6.07, 6.45) is -0.348. The van der Waals surface area contributed by atoms with Gasteiger partial charge in [-0.05, 0) is 48.6 Å². The number of ether oxygens (including phenoxy) is 3. The Morgan fingerprint density at radius 2 is 1.55 bits per heavy atom. The van der Waals surface area contributed by atoms with Gasteiger partial charge in [-0.1, -0.05) is 37.1 Å². The number of hydrogen-bond acceptors (Lipinski definition) is 6. The lowest BCUT2D eigenvalue weighted by molar-refractivity contribution is -0.879. The van der Waals surface area contributed by atoms with Gasteiger partial charge in [0.05, 0.1) is 27.7 Å². The lowest BCUT2D eigenvalue weighted by Crippen LogP contribution is -2.38. The van der Waals surface area contributed by atoms with Gasteiger partial charge >= 0.3 is 12.1 Å². The topological polar surface area (TPSA) is 84.9 Å². The molecule has 1 saturated heterocycles. The Balaban J connectivity index is 0.000000505. The first-order valence-corrected chi connectivity index (χ1v) is 12.6. The third kappa shape index (κ3) is 8.11. The molecule has 0 bridgehead atoms. The molecule has 0 aromatic heterocycles. The molecule has 1 heterocycles. The average Bonchev–Trinajstić information content (AvgIpc) is 3.52. The molecule has 0 N–H and O–H groups in total. The zero-order chi connectivity index (χ0) is 27.9. The van der Waals surface area contributed by atoms with Crippen LogP contribution in [0, 0.1) is 0 Å². The Bertz CT molecular complexity index is 1080. The van der Waals surface area contributed by atoms with Crippen LogP contribution in [0.1, 0.15) is 55.3 Å². The number of halogens is 3. The number of carbonyl (C=O) groups excluding carboxylic acids is 2. The largest absolute Gasteiger partial charge is 0.542 e. The summed E-state index contributed by atoms with van der Waals surface area (Å²) in [7, 11) is 5.98. The van der Waals surface area contributed by atoms with Gasteiger partial charge in [-0.2, -0.15) is 13.2 Å². The van der Waals surface area contributed by atoms with E-state index in [2.05, 4.69) is 26.2 Å². The number of nitrogens with zero attached hydrogens (tertiary/aromatic N) is 1. The summed E-state index contributed by atoms with van der Waals surface area (Å²) in [6.45, 7) is 1.85. The molecule has 2 fully saturated rings. The number of rotatable bonds is 7. The molecule has 38 heavy (non-hydrogen) atoms. The highest BCUT2D eigenvalue weighted by molar-refractivity contribution is 5.78. The number of methoxy groups -OCH3 is 1. The van der Waals surface area contributed by atoms with Crippen molar-refractivity contribution in [3.05, 3.63) is 59.7 Å². The van der Waals surface area contributed by atoms with E-state index in [9.17, 15) is 18.0 Å². The molecule has 0 radical (unpaired) electrons. The summed E-state index contributed by atoms with van der Waals surface area (Å²) in [4.78, 5) is 22.2. The smallest absolute Gasteiger partial charge is 0.430 e. The maximum Gasteiger partial charge on any atom is 0.430 e. The number of likely N-dealkylation sites (tertiary alicyclic amines) is 1. The number of quaternary nitrogens is 1. The van der Waals surface area contributed by atoms with E-state index in [1.165, 1.54) is 18.4 Å². The van der Waals surface area contributed by atoms with E-state index in [1.54, 1.807) is 7.11 Å². The number of hydrogen-bond donors (Lipinski definition) is 0. The maximum atomic E-state index is 13.4. The number of carboxylic acids is 1. The molecular weight excluding hydrogens is 503 g/mol. The van der Waals surface area contributed by atoms with Crippen molar-refractivity contribution < 1.29 is 46.6 Å². The van der Waals surface area contributed by atoms with Gasteiger partial charge in [0.15, 0.2) is 6.10 Å². The van der Waals surface area contributed by atoms with Crippen LogP contribution in [0.5, 0.6) is 11.5 Å². The molecule has 10 heteroatoms. The minimum Gasteiger partial charge on any atom is -0.542 e. The first-order chi connectivity index (χ1) is 17.9. The summed E-state index contributed by atoms with van der Waals surface area (Å²) < 4.78 is 50.0. The van der Waals surface area contributed by atoms with E-state index in [0.717, 1.165) is 48.1 Å². The minimum atomic E-state index is -5.19. The molecule has 2 aromatic carbocycles. The molecule has 208 valence electrons. The first-order valence-electron chi connectivity index (χ1n) is 12.6. The fourth-order valence-electron chi connectivity index (χ4n) is 4.94. The van der Waals surface area contributed by atoms with E-state index in [0.29, 0.717) is 11.7 Å². The van der Waals surface area contributed by atoms with Crippen LogP contribution in [0.2, 0.25) is 0 Å². The van der Waals surface area contributed by atoms with Crippen molar-refractivity contribution in [1.29, 1.82) is 0 Å². The van der Waals surface area contributed by atoms with Gasteiger partial charge in [-0.3, -0.25) is 0 Å². The third-order valence-electron chi connectivity index (χ3n) is 6.87. The zero-order valence-electron chi connectivity index (χ0n) is 21.8. The Morgan fingerprint density at radius 1 is 0.974 bits per heavy atom. The maximum absolute atomic E-state index is 13.4. The van der Waals surface area contributed by atoms with Gasteiger partial charge in [-0.25, -0.2) is 4.79 Å². The van der Waals surface area contributed by atoms with Gasteiger partial charge in [0.2, 0.25) is 6.10 Å². The number of likely N-dealkylation sites (N-methyl/N-ethyl adjacent to an activating group) is 1. The first kappa shape index (κ1) is 29.3. The van der Waals surface area contributed by atoms with Gasteiger partial charge in [0.1, 0.15) is 24.0 Å². The Kier molecular flexibility index (Phi) is 9.65. The summed E-state index contributed by atoms with van der Waals surface area (Å²) in [5.41, 5.74) is 2.15. The van der Waals surface area contributed by atoms with Crippen molar-refractivity contribution in [3.63, 3.8) is 0 Å². The SMILES string of the molecule is COc1ccc(OC(C(=O)OC2CC[N+](C)(C)C2)c2ccccc2C2CCCC2)cc1.O=C([O-])C(F)(F)F. The monoisotopic (exact) mass is 537 g/mol. The standard InChI is InChI=1S/C26H34NO4.C2HF3O2/c1-27(2)17-16-22(18-27)31-26(28)25(30-21-14-12-20(29-3)13-15-21)24-11-7-6-10-23(24)19-8-4-5-9-19;3-2(4,5)1(6)7/h6-7,10-15,19,22,25H,4-5,8-9,16-18H2,1-3H3;(H,6,7)/q+1;/p-1. The molecule has 1 saturated carbocycles. The summed E-state index contributed by atoms with van der Waals surface area (Å²) in [5, 5.41) is 8.78. The number of carbonyl (C=O) groups is 2. The van der Waals surface area contributed by atoms with Crippen LogP contribution in [0.3, 0.4) is 0 Å². The van der Waals surface area contributed by atoms with Crippen LogP contribution in [-0.4, -0.2) is 63.0 Å². The summed E-state index contributed by atoms with van der Waals surface area (Å²) >= 11 is 0. The number of carboxylic acid groups (broad SMARTS) is 1. The minimum absolute atomic E-state index is 0.0666. The van der Waals surface area contributed by atoms with Crippen LogP contribution in [0.4, 0.5) is 13.2 Å². The van der Waals surface area contributed by atoms with Crippen LogP contribution >= 0.6 is 0 Å². The normalized spacial score (nSPS) is 19.7. The second kappa shape index (κ2) is 12.5. The molecule has 1 aliphatic carbocycles. The Morgan fingerprint density at radius 3 is 2.08 bits per heavy atom.